The molecule has 0 unspecified atom stereocenters. The summed E-state index contributed by atoms with van der Waals surface area (Å²) in [5, 5.41) is 14.0. The van der Waals surface area contributed by atoms with Gasteiger partial charge in [0.25, 0.3) is 0 Å². The number of rotatable bonds is 8. The number of carbonyl (C=O) groups excluding carboxylic acids is 1. The van der Waals surface area contributed by atoms with E-state index < -0.39 is 5.97 Å². The van der Waals surface area contributed by atoms with E-state index in [1.54, 1.807) is 11.3 Å². The van der Waals surface area contributed by atoms with E-state index in [-0.39, 0.29) is 12.5 Å². The minimum atomic E-state index is -0.767. The second-order valence-corrected chi connectivity index (χ2v) is 5.70. The summed E-state index contributed by atoms with van der Waals surface area (Å²) < 4.78 is 0. The minimum absolute atomic E-state index is 0.177. The van der Waals surface area contributed by atoms with Crippen LogP contribution in [0.25, 0.3) is 0 Å². The van der Waals surface area contributed by atoms with Crippen molar-refractivity contribution in [2.75, 3.05) is 6.54 Å². The van der Waals surface area contributed by atoms with Gasteiger partial charge in [-0.3, -0.25) is 4.79 Å². The molecule has 1 rings (SSSR count). The maximum Gasteiger partial charge on any atom is 0.315 e. The van der Waals surface area contributed by atoms with Crippen LogP contribution in [0.2, 0.25) is 0 Å². The van der Waals surface area contributed by atoms with Crippen molar-refractivity contribution in [1.29, 1.82) is 0 Å². The monoisotopic (exact) mass is 284 g/mol. The molecule has 2 amide bonds. The van der Waals surface area contributed by atoms with Crippen molar-refractivity contribution in [2.45, 2.75) is 39.2 Å². The maximum absolute atomic E-state index is 11.5. The molecule has 3 N–H and O–H groups in total. The third kappa shape index (κ3) is 7.46. The highest BCUT2D eigenvalue weighted by Gasteiger charge is 2.02. The van der Waals surface area contributed by atoms with Crippen LogP contribution < -0.4 is 10.6 Å². The third-order valence-corrected chi connectivity index (χ3v) is 3.57. The molecule has 0 spiro atoms. The van der Waals surface area contributed by atoms with Gasteiger partial charge in [0.05, 0.1) is 6.54 Å². The lowest BCUT2D eigenvalue weighted by molar-refractivity contribution is -0.137. The van der Waals surface area contributed by atoms with Gasteiger partial charge in [-0.15, -0.1) is 11.3 Å². The first kappa shape index (κ1) is 15.5. The molecule has 0 atom stereocenters. The Morgan fingerprint density at radius 2 is 2.00 bits per heavy atom. The Morgan fingerprint density at radius 3 is 2.63 bits per heavy atom. The van der Waals surface area contributed by atoms with Crippen LogP contribution in [0.1, 0.15) is 35.4 Å². The van der Waals surface area contributed by atoms with E-state index in [1.165, 1.54) is 4.88 Å². The fourth-order valence-electron chi connectivity index (χ4n) is 1.59. The molecule has 6 heteroatoms. The molecule has 0 aliphatic rings. The van der Waals surface area contributed by atoms with Crippen molar-refractivity contribution < 1.29 is 14.7 Å². The van der Waals surface area contributed by atoms with Gasteiger partial charge in [0.2, 0.25) is 0 Å². The maximum atomic E-state index is 11.5. The van der Waals surface area contributed by atoms with Crippen molar-refractivity contribution in [3.8, 4) is 0 Å². The minimum Gasteiger partial charge on any atom is -0.481 e. The summed E-state index contributed by atoms with van der Waals surface area (Å²) in [6.45, 7) is 3.16. The molecule has 106 valence electrons. The van der Waals surface area contributed by atoms with Gasteiger partial charge >= 0.3 is 12.0 Å². The SMILES string of the molecule is Cc1ccc(CNC(=O)NCCCCCC(=O)O)s1. The van der Waals surface area contributed by atoms with Crippen molar-refractivity contribution in [3.63, 3.8) is 0 Å². The first-order valence-corrected chi connectivity index (χ1v) is 7.18. The first-order chi connectivity index (χ1) is 9.08. The van der Waals surface area contributed by atoms with Crippen LogP contribution in [0, 0.1) is 6.92 Å². The average molecular weight is 284 g/mol. The number of thiophene rings is 1. The molecule has 1 aromatic rings. The van der Waals surface area contributed by atoms with E-state index in [2.05, 4.69) is 10.6 Å². The number of aliphatic carboxylic acids is 1. The molecule has 0 aromatic carbocycles. The molecule has 1 aromatic heterocycles. The second-order valence-electron chi connectivity index (χ2n) is 4.33. The number of carboxylic acids is 1. The van der Waals surface area contributed by atoms with Crippen LogP contribution in [0.4, 0.5) is 4.79 Å². The largest absolute Gasteiger partial charge is 0.481 e. The Bertz CT molecular complexity index is 418. The highest BCUT2D eigenvalue weighted by Crippen LogP contribution is 2.14. The summed E-state index contributed by atoms with van der Waals surface area (Å²) in [7, 11) is 0. The Balaban J connectivity index is 2.00. The fourth-order valence-corrected chi connectivity index (χ4v) is 2.42. The van der Waals surface area contributed by atoms with Gasteiger partial charge in [0, 0.05) is 22.7 Å². The Morgan fingerprint density at radius 1 is 1.21 bits per heavy atom. The molecule has 0 radical (unpaired) electrons. The zero-order chi connectivity index (χ0) is 14.1. The van der Waals surface area contributed by atoms with Gasteiger partial charge in [0.1, 0.15) is 0 Å². The zero-order valence-electron chi connectivity index (χ0n) is 11.1. The lowest BCUT2D eigenvalue weighted by atomic mass is 10.2. The predicted molar refractivity (Wildman–Crippen MR) is 75.4 cm³/mol. The summed E-state index contributed by atoms with van der Waals surface area (Å²) in [6.07, 6.45) is 2.48. The van der Waals surface area contributed by atoms with Gasteiger partial charge in [-0.05, 0) is 31.9 Å². The van der Waals surface area contributed by atoms with E-state index >= 15 is 0 Å². The van der Waals surface area contributed by atoms with E-state index in [9.17, 15) is 9.59 Å². The van der Waals surface area contributed by atoms with E-state index in [0.29, 0.717) is 19.5 Å². The summed E-state index contributed by atoms with van der Waals surface area (Å²) >= 11 is 1.67. The Labute approximate surface area is 117 Å². The topological polar surface area (TPSA) is 78.4 Å². The lowest BCUT2D eigenvalue weighted by Gasteiger charge is -2.06. The number of unbranched alkanes of at least 4 members (excludes halogenated alkanes) is 2. The molecule has 0 saturated heterocycles. The molecule has 0 aliphatic heterocycles. The smallest absolute Gasteiger partial charge is 0.315 e. The molecule has 0 saturated carbocycles. The summed E-state index contributed by atoms with van der Waals surface area (Å²) in [4.78, 5) is 24.1. The standard InChI is InChI=1S/C13H20N2O3S/c1-10-6-7-11(19-10)9-15-13(18)14-8-4-2-3-5-12(16)17/h6-7H,2-5,8-9H2,1H3,(H,16,17)(H2,14,15,18). The van der Waals surface area contributed by atoms with Crippen LogP contribution in [-0.2, 0) is 11.3 Å². The molecule has 1 heterocycles. The molecular formula is C13H20N2O3S. The van der Waals surface area contributed by atoms with Crippen molar-refractivity contribution in [2.24, 2.45) is 0 Å². The average Bonchev–Trinajstić information content (AvgIpc) is 2.76. The van der Waals surface area contributed by atoms with Gasteiger partial charge < -0.3 is 15.7 Å². The number of nitrogens with one attached hydrogen (secondary N) is 2. The van der Waals surface area contributed by atoms with Crippen LogP contribution in [0.15, 0.2) is 12.1 Å². The number of hydrogen-bond acceptors (Lipinski definition) is 3. The summed E-state index contributed by atoms with van der Waals surface area (Å²) in [5.41, 5.74) is 0. The Hall–Kier alpha value is -1.56. The van der Waals surface area contributed by atoms with E-state index in [0.717, 1.165) is 17.7 Å². The quantitative estimate of drug-likeness (QED) is 0.642. The van der Waals surface area contributed by atoms with Crippen molar-refractivity contribution in [3.05, 3.63) is 21.9 Å². The fraction of sp³-hybridized carbons (Fsp3) is 0.538. The Kier molecular flexibility index (Phi) is 6.95. The van der Waals surface area contributed by atoms with E-state index in [1.807, 2.05) is 19.1 Å². The number of carboxylic acid groups (broad SMARTS) is 1. The molecule has 0 aliphatic carbocycles. The predicted octanol–water partition coefficient (Wildman–Crippen LogP) is 2.50. The van der Waals surface area contributed by atoms with Gasteiger partial charge in [-0.25, -0.2) is 4.79 Å². The number of hydrogen-bond donors (Lipinski definition) is 3. The molecular weight excluding hydrogens is 264 g/mol. The molecule has 5 nitrogen and oxygen atoms in total. The number of amides is 2. The van der Waals surface area contributed by atoms with Crippen molar-refractivity contribution in [1.82, 2.24) is 10.6 Å². The van der Waals surface area contributed by atoms with Crippen LogP contribution in [0.5, 0.6) is 0 Å². The van der Waals surface area contributed by atoms with E-state index in [4.69, 9.17) is 5.11 Å². The van der Waals surface area contributed by atoms with Crippen LogP contribution >= 0.6 is 11.3 Å². The third-order valence-electron chi connectivity index (χ3n) is 2.57. The highest BCUT2D eigenvalue weighted by molar-refractivity contribution is 7.11. The number of urea groups is 1. The van der Waals surface area contributed by atoms with Crippen molar-refractivity contribution >= 4 is 23.3 Å². The number of aryl methyl sites for hydroxylation is 1. The molecule has 19 heavy (non-hydrogen) atoms. The molecule has 0 fully saturated rings. The van der Waals surface area contributed by atoms with Crippen LogP contribution in [-0.4, -0.2) is 23.7 Å². The summed E-state index contributed by atoms with van der Waals surface area (Å²) in [6, 6.07) is 3.86. The second kappa shape index (κ2) is 8.53. The lowest BCUT2D eigenvalue weighted by Crippen LogP contribution is -2.35. The van der Waals surface area contributed by atoms with Crippen LogP contribution in [0.3, 0.4) is 0 Å². The number of carbonyl (C=O) groups is 2. The van der Waals surface area contributed by atoms with Gasteiger partial charge in [-0.2, -0.15) is 0 Å². The van der Waals surface area contributed by atoms with Gasteiger partial charge in [0.15, 0.2) is 0 Å². The summed E-state index contributed by atoms with van der Waals surface area (Å²) in [5.74, 6) is -0.767. The first-order valence-electron chi connectivity index (χ1n) is 6.37. The molecule has 0 bridgehead atoms. The normalized spacial score (nSPS) is 10.2. The van der Waals surface area contributed by atoms with Gasteiger partial charge in [-0.1, -0.05) is 6.42 Å². The highest BCUT2D eigenvalue weighted by atomic mass is 32.1. The zero-order valence-corrected chi connectivity index (χ0v) is 11.9.